The first-order valence-electron chi connectivity index (χ1n) is 16.3. The standard InChI is InChI=1S/C36H56N2O2/c1-5-7-9-11-13-15-17-19-21-35(39)37-33-25-23-31(27-29(33)3)32-24-26-34(30(4)28-32)38-36(40)22-20-18-16-14-12-10-8-6-2/h23-28H,5-22H2,1-4H3,(H,37,39)(H,38,40). The highest BCUT2D eigenvalue weighted by Crippen LogP contribution is 2.28. The monoisotopic (exact) mass is 548 g/mol. The van der Waals surface area contributed by atoms with Gasteiger partial charge < -0.3 is 10.6 Å². The molecule has 0 aliphatic carbocycles. The fourth-order valence-corrected chi connectivity index (χ4v) is 5.23. The Balaban J connectivity index is 1.76. The molecule has 2 aromatic rings. The van der Waals surface area contributed by atoms with E-state index in [0.717, 1.165) is 59.3 Å². The van der Waals surface area contributed by atoms with Gasteiger partial charge in [0.25, 0.3) is 0 Å². The Labute approximate surface area is 245 Å². The molecule has 4 nitrogen and oxygen atoms in total. The molecule has 222 valence electrons. The number of amides is 2. The van der Waals surface area contributed by atoms with Crippen molar-refractivity contribution >= 4 is 23.2 Å². The van der Waals surface area contributed by atoms with Crippen molar-refractivity contribution in [2.75, 3.05) is 10.6 Å². The van der Waals surface area contributed by atoms with Crippen LogP contribution in [0.2, 0.25) is 0 Å². The molecule has 2 aromatic carbocycles. The summed E-state index contributed by atoms with van der Waals surface area (Å²) < 4.78 is 0. The third kappa shape index (κ3) is 13.6. The second-order valence-electron chi connectivity index (χ2n) is 11.6. The maximum Gasteiger partial charge on any atom is 0.224 e. The molecule has 0 aromatic heterocycles. The largest absolute Gasteiger partial charge is 0.326 e. The van der Waals surface area contributed by atoms with Crippen LogP contribution in [0, 0.1) is 13.8 Å². The number of unbranched alkanes of at least 4 members (excludes halogenated alkanes) is 14. The summed E-state index contributed by atoms with van der Waals surface area (Å²) in [5, 5.41) is 6.20. The molecule has 0 fully saturated rings. The summed E-state index contributed by atoms with van der Waals surface area (Å²) in [4.78, 5) is 24.9. The number of carbonyl (C=O) groups is 2. The number of benzene rings is 2. The molecule has 2 N–H and O–H groups in total. The van der Waals surface area contributed by atoms with E-state index in [0.29, 0.717) is 12.8 Å². The van der Waals surface area contributed by atoms with Crippen LogP contribution < -0.4 is 10.6 Å². The van der Waals surface area contributed by atoms with Gasteiger partial charge in [-0.3, -0.25) is 9.59 Å². The molecule has 0 saturated carbocycles. The molecule has 4 heteroatoms. The van der Waals surface area contributed by atoms with E-state index in [2.05, 4.69) is 48.7 Å². The maximum atomic E-state index is 12.5. The van der Waals surface area contributed by atoms with Crippen molar-refractivity contribution in [3.05, 3.63) is 47.5 Å². The summed E-state index contributed by atoms with van der Waals surface area (Å²) in [5.74, 6) is 0.203. The minimum atomic E-state index is 0.102. The Bertz CT molecular complexity index is 932. The molecule has 0 aliphatic rings. The van der Waals surface area contributed by atoms with Crippen LogP contribution in [0.1, 0.15) is 141 Å². The van der Waals surface area contributed by atoms with Crippen LogP contribution in [0.5, 0.6) is 0 Å². The highest BCUT2D eigenvalue weighted by molar-refractivity contribution is 5.93. The molecule has 0 unspecified atom stereocenters. The van der Waals surface area contributed by atoms with Crippen LogP contribution in [0.25, 0.3) is 11.1 Å². The van der Waals surface area contributed by atoms with Crippen LogP contribution >= 0.6 is 0 Å². The number of anilines is 2. The van der Waals surface area contributed by atoms with Gasteiger partial charge in [-0.15, -0.1) is 0 Å². The number of aryl methyl sites for hydroxylation is 2. The summed E-state index contributed by atoms with van der Waals surface area (Å²) in [6.45, 7) is 8.58. The lowest BCUT2D eigenvalue weighted by Crippen LogP contribution is -2.12. The van der Waals surface area contributed by atoms with Gasteiger partial charge in [0, 0.05) is 24.2 Å². The molecule has 0 radical (unpaired) electrons. The fourth-order valence-electron chi connectivity index (χ4n) is 5.23. The predicted molar refractivity (Wildman–Crippen MR) is 173 cm³/mol. The van der Waals surface area contributed by atoms with Crippen molar-refractivity contribution in [2.45, 2.75) is 143 Å². The van der Waals surface area contributed by atoms with Crippen molar-refractivity contribution in [1.29, 1.82) is 0 Å². The zero-order chi connectivity index (χ0) is 29.0. The second-order valence-corrected chi connectivity index (χ2v) is 11.6. The Hall–Kier alpha value is -2.62. The Morgan fingerprint density at radius 2 is 0.825 bits per heavy atom. The molecule has 2 amide bonds. The molecule has 0 saturated heterocycles. The molecule has 0 aliphatic heterocycles. The lowest BCUT2D eigenvalue weighted by Gasteiger charge is -2.13. The van der Waals surface area contributed by atoms with Gasteiger partial charge in [0.1, 0.15) is 0 Å². The molecule has 40 heavy (non-hydrogen) atoms. The normalized spacial score (nSPS) is 11.0. The minimum Gasteiger partial charge on any atom is -0.326 e. The lowest BCUT2D eigenvalue weighted by atomic mass is 9.99. The highest BCUT2D eigenvalue weighted by Gasteiger charge is 2.09. The fraction of sp³-hybridized carbons (Fsp3) is 0.611. The molecule has 0 spiro atoms. The van der Waals surface area contributed by atoms with Crippen LogP contribution in [0.4, 0.5) is 11.4 Å². The van der Waals surface area contributed by atoms with Gasteiger partial charge in [-0.1, -0.05) is 116 Å². The van der Waals surface area contributed by atoms with Crippen LogP contribution in [-0.4, -0.2) is 11.8 Å². The molecule has 0 atom stereocenters. The molecular formula is C36H56N2O2. The smallest absolute Gasteiger partial charge is 0.224 e. The van der Waals surface area contributed by atoms with Crippen LogP contribution in [-0.2, 0) is 9.59 Å². The topological polar surface area (TPSA) is 58.2 Å². The van der Waals surface area contributed by atoms with Crippen molar-refractivity contribution in [2.24, 2.45) is 0 Å². The van der Waals surface area contributed by atoms with Crippen LogP contribution in [0.3, 0.4) is 0 Å². The van der Waals surface area contributed by atoms with E-state index >= 15 is 0 Å². The molecule has 0 bridgehead atoms. The van der Waals surface area contributed by atoms with Crippen molar-refractivity contribution < 1.29 is 9.59 Å². The molecule has 0 heterocycles. The Morgan fingerprint density at radius 1 is 0.500 bits per heavy atom. The molecular weight excluding hydrogens is 492 g/mol. The SMILES string of the molecule is CCCCCCCCCCC(=O)Nc1ccc(-c2ccc(NC(=O)CCCCCCCCCC)c(C)c2)cc1C. The van der Waals surface area contributed by atoms with E-state index in [4.69, 9.17) is 0 Å². The predicted octanol–water partition coefficient (Wildman–Crippen LogP) is 10.9. The van der Waals surface area contributed by atoms with Gasteiger partial charge in [0.05, 0.1) is 0 Å². The average Bonchev–Trinajstić information content (AvgIpc) is 2.94. The quantitative estimate of drug-likeness (QED) is 0.152. The molecule has 2 rings (SSSR count). The summed E-state index contributed by atoms with van der Waals surface area (Å²) in [7, 11) is 0. The number of carbonyl (C=O) groups excluding carboxylic acids is 2. The maximum absolute atomic E-state index is 12.5. The van der Waals surface area contributed by atoms with E-state index in [1.807, 2.05) is 26.0 Å². The first kappa shape index (κ1) is 33.6. The zero-order valence-corrected chi connectivity index (χ0v) is 26.0. The number of nitrogens with one attached hydrogen (secondary N) is 2. The Morgan fingerprint density at radius 3 is 1.15 bits per heavy atom. The number of hydrogen-bond acceptors (Lipinski definition) is 2. The average molecular weight is 549 g/mol. The first-order valence-corrected chi connectivity index (χ1v) is 16.3. The van der Waals surface area contributed by atoms with Gasteiger partial charge in [0.2, 0.25) is 11.8 Å². The van der Waals surface area contributed by atoms with Gasteiger partial charge in [-0.2, -0.15) is 0 Å². The summed E-state index contributed by atoms with van der Waals surface area (Å²) in [6, 6.07) is 12.4. The summed E-state index contributed by atoms with van der Waals surface area (Å²) in [5.41, 5.74) is 6.10. The number of rotatable bonds is 21. The third-order valence-electron chi connectivity index (χ3n) is 7.85. The Kier molecular flexibility index (Phi) is 17.0. The number of hydrogen-bond donors (Lipinski definition) is 2. The first-order chi connectivity index (χ1) is 19.4. The van der Waals surface area contributed by atoms with Gasteiger partial charge >= 0.3 is 0 Å². The van der Waals surface area contributed by atoms with E-state index in [-0.39, 0.29) is 11.8 Å². The van der Waals surface area contributed by atoms with E-state index < -0.39 is 0 Å². The summed E-state index contributed by atoms with van der Waals surface area (Å²) in [6.07, 6.45) is 20.9. The summed E-state index contributed by atoms with van der Waals surface area (Å²) >= 11 is 0. The van der Waals surface area contributed by atoms with Crippen LogP contribution in [0.15, 0.2) is 36.4 Å². The van der Waals surface area contributed by atoms with E-state index in [1.54, 1.807) is 0 Å². The second kappa shape index (κ2) is 20.3. The van der Waals surface area contributed by atoms with Crippen molar-refractivity contribution in [1.82, 2.24) is 0 Å². The van der Waals surface area contributed by atoms with Crippen molar-refractivity contribution in [3.8, 4) is 11.1 Å². The zero-order valence-electron chi connectivity index (χ0n) is 26.0. The highest BCUT2D eigenvalue weighted by atomic mass is 16.2. The lowest BCUT2D eigenvalue weighted by molar-refractivity contribution is -0.117. The minimum absolute atomic E-state index is 0.102. The van der Waals surface area contributed by atoms with E-state index in [1.165, 1.54) is 77.0 Å². The van der Waals surface area contributed by atoms with E-state index in [9.17, 15) is 9.59 Å². The van der Waals surface area contributed by atoms with Gasteiger partial charge in [-0.25, -0.2) is 0 Å². The van der Waals surface area contributed by atoms with Gasteiger partial charge in [0.15, 0.2) is 0 Å². The van der Waals surface area contributed by atoms with Crippen molar-refractivity contribution in [3.63, 3.8) is 0 Å². The third-order valence-corrected chi connectivity index (χ3v) is 7.85. The van der Waals surface area contributed by atoms with Gasteiger partial charge in [-0.05, 0) is 73.2 Å².